The Hall–Kier alpha value is -2.12. The lowest BCUT2D eigenvalue weighted by atomic mass is 10.0. The van der Waals surface area contributed by atoms with Gasteiger partial charge >= 0.3 is 12.4 Å². The van der Waals surface area contributed by atoms with E-state index in [2.05, 4.69) is 9.97 Å². The number of nitrogens with zero attached hydrogens (tertiary/aromatic N) is 2. The fourth-order valence-electron chi connectivity index (χ4n) is 1.57. The van der Waals surface area contributed by atoms with Gasteiger partial charge in [-0.1, -0.05) is 0 Å². The first kappa shape index (κ1) is 14.3. The smallest absolute Gasteiger partial charge is 0.244 e. The van der Waals surface area contributed by atoms with Gasteiger partial charge in [-0.05, 0) is 23.8 Å². The van der Waals surface area contributed by atoms with Gasteiger partial charge in [0.05, 0.1) is 11.1 Å². The standard InChI is InChI=1S/C12H6F6N2/c13-11(14,15)9-1-7(8-4-19-6-20-5-8)2-10(3-9)12(16,17)18/h1-6H. The van der Waals surface area contributed by atoms with E-state index < -0.39 is 23.5 Å². The zero-order chi connectivity index (χ0) is 15.0. The normalized spacial score (nSPS) is 12.5. The molecule has 0 aliphatic rings. The third-order valence-electron chi connectivity index (χ3n) is 2.48. The van der Waals surface area contributed by atoms with Crippen LogP contribution in [0.25, 0.3) is 11.1 Å². The zero-order valence-electron chi connectivity index (χ0n) is 9.63. The van der Waals surface area contributed by atoms with Gasteiger partial charge in [0.15, 0.2) is 0 Å². The highest BCUT2D eigenvalue weighted by Gasteiger charge is 2.36. The van der Waals surface area contributed by atoms with Crippen LogP contribution in [0.5, 0.6) is 0 Å². The van der Waals surface area contributed by atoms with E-state index >= 15 is 0 Å². The molecule has 1 aromatic carbocycles. The Balaban J connectivity index is 2.64. The molecule has 0 saturated carbocycles. The summed E-state index contributed by atoms with van der Waals surface area (Å²) in [6, 6.07) is 1.34. The van der Waals surface area contributed by atoms with Crippen LogP contribution in [0.15, 0.2) is 36.9 Å². The van der Waals surface area contributed by atoms with E-state index in [1.165, 1.54) is 0 Å². The van der Waals surface area contributed by atoms with Crippen molar-refractivity contribution in [2.75, 3.05) is 0 Å². The van der Waals surface area contributed by atoms with E-state index in [-0.39, 0.29) is 17.2 Å². The number of alkyl halides is 6. The zero-order valence-corrected chi connectivity index (χ0v) is 9.63. The average Bonchev–Trinajstić information content (AvgIpc) is 2.37. The van der Waals surface area contributed by atoms with E-state index in [9.17, 15) is 26.3 Å². The number of benzene rings is 1. The molecule has 0 atom stereocenters. The maximum absolute atomic E-state index is 12.7. The molecule has 0 aliphatic heterocycles. The lowest BCUT2D eigenvalue weighted by Crippen LogP contribution is -2.11. The second-order valence-electron chi connectivity index (χ2n) is 3.92. The fraction of sp³-hybridized carbons (Fsp3) is 0.167. The molecule has 0 N–H and O–H groups in total. The number of aromatic nitrogens is 2. The molecule has 8 heteroatoms. The van der Waals surface area contributed by atoms with Crippen LogP contribution in [0.2, 0.25) is 0 Å². The first-order valence-corrected chi connectivity index (χ1v) is 5.23. The molecule has 0 bridgehead atoms. The molecule has 0 amide bonds. The van der Waals surface area contributed by atoms with Crippen molar-refractivity contribution in [2.24, 2.45) is 0 Å². The van der Waals surface area contributed by atoms with Crippen molar-refractivity contribution in [3.8, 4) is 11.1 Å². The van der Waals surface area contributed by atoms with Crippen molar-refractivity contribution >= 4 is 0 Å². The molecule has 0 unspecified atom stereocenters. The maximum atomic E-state index is 12.7. The summed E-state index contributed by atoms with van der Waals surface area (Å²) < 4.78 is 75.9. The summed E-state index contributed by atoms with van der Waals surface area (Å²) in [5.41, 5.74) is -2.91. The molecular formula is C12H6F6N2. The first-order chi connectivity index (χ1) is 9.18. The van der Waals surface area contributed by atoms with Gasteiger partial charge in [0.25, 0.3) is 0 Å². The minimum Gasteiger partial charge on any atom is -0.244 e. The highest BCUT2D eigenvalue weighted by molar-refractivity contribution is 5.64. The summed E-state index contributed by atoms with van der Waals surface area (Å²) in [4.78, 5) is 7.14. The molecule has 1 aromatic heterocycles. The van der Waals surface area contributed by atoms with Gasteiger partial charge in [0.2, 0.25) is 0 Å². The second-order valence-corrected chi connectivity index (χ2v) is 3.92. The molecule has 20 heavy (non-hydrogen) atoms. The quantitative estimate of drug-likeness (QED) is 0.737. The van der Waals surface area contributed by atoms with Gasteiger partial charge in [-0.25, -0.2) is 9.97 Å². The lowest BCUT2D eigenvalue weighted by Gasteiger charge is -2.14. The van der Waals surface area contributed by atoms with Crippen LogP contribution in [0.4, 0.5) is 26.3 Å². The van der Waals surface area contributed by atoms with Gasteiger partial charge in [-0.3, -0.25) is 0 Å². The van der Waals surface area contributed by atoms with E-state index in [1.54, 1.807) is 0 Å². The van der Waals surface area contributed by atoms with Gasteiger partial charge in [0, 0.05) is 18.0 Å². The summed E-state index contributed by atoms with van der Waals surface area (Å²) in [7, 11) is 0. The van der Waals surface area contributed by atoms with Crippen LogP contribution in [0.3, 0.4) is 0 Å². The summed E-state index contributed by atoms with van der Waals surface area (Å²) in [6.45, 7) is 0. The molecule has 0 aliphatic carbocycles. The molecule has 2 aromatic rings. The molecule has 106 valence electrons. The molecule has 2 nitrogen and oxygen atoms in total. The fourth-order valence-corrected chi connectivity index (χ4v) is 1.57. The number of halogens is 6. The summed E-state index contributed by atoms with van der Waals surface area (Å²) >= 11 is 0. The van der Waals surface area contributed by atoms with Crippen LogP contribution in [0.1, 0.15) is 11.1 Å². The first-order valence-electron chi connectivity index (χ1n) is 5.23. The Morgan fingerprint density at radius 3 is 1.50 bits per heavy atom. The molecule has 1 heterocycles. The molecule has 2 rings (SSSR count). The Bertz CT molecular complexity index is 571. The van der Waals surface area contributed by atoms with Crippen LogP contribution in [0, 0.1) is 0 Å². The molecular weight excluding hydrogens is 286 g/mol. The highest BCUT2D eigenvalue weighted by atomic mass is 19.4. The SMILES string of the molecule is FC(F)(F)c1cc(-c2cncnc2)cc(C(F)(F)F)c1. The predicted molar refractivity (Wildman–Crippen MR) is 57.5 cm³/mol. The van der Waals surface area contributed by atoms with Gasteiger partial charge in [-0.15, -0.1) is 0 Å². The third-order valence-corrected chi connectivity index (χ3v) is 2.48. The van der Waals surface area contributed by atoms with E-state index in [0.717, 1.165) is 18.7 Å². The summed E-state index contributed by atoms with van der Waals surface area (Å²) in [5.74, 6) is 0. The van der Waals surface area contributed by atoms with Crippen molar-refractivity contribution in [3.05, 3.63) is 48.0 Å². The average molecular weight is 292 g/mol. The lowest BCUT2D eigenvalue weighted by molar-refractivity contribution is -0.143. The Morgan fingerprint density at radius 1 is 0.650 bits per heavy atom. The van der Waals surface area contributed by atoms with Crippen molar-refractivity contribution in [1.82, 2.24) is 9.97 Å². The minimum atomic E-state index is -4.87. The summed E-state index contributed by atoms with van der Waals surface area (Å²) in [6.07, 6.45) is -6.33. The van der Waals surface area contributed by atoms with Crippen molar-refractivity contribution < 1.29 is 26.3 Å². The topological polar surface area (TPSA) is 25.8 Å². The minimum absolute atomic E-state index is 0.0732. The number of hydrogen-bond donors (Lipinski definition) is 0. The predicted octanol–water partition coefficient (Wildman–Crippen LogP) is 4.18. The second kappa shape index (κ2) is 4.77. The molecule has 0 spiro atoms. The van der Waals surface area contributed by atoms with Crippen molar-refractivity contribution in [2.45, 2.75) is 12.4 Å². The van der Waals surface area contributed by atoms with E-state index in [1.807, 2.05) is 0 Å². The highest BCUT2D eigenvalue weighted by Crippen LogP contribution is 2.38. The van der Waals surface area contributed by atoms with Crippen LogP contribution < -0.4 is 0 Å². The van der Waals surface area contributed by atoms with Gasteiger partial charge in [-0.2, -0.15) is 26.3 Å². The summed E-state index contributed by atoms with van der Waals surface area (Å²) in [5, 5.41) is 0. The molecule has 0 fully saturated rings. The molecule has 0 radical (unpaired) electrons. The Morgan fingerprint density at radius 2 is 1.10 bits per heavy atom. The Labute approximate surface area is 109 Å². The van der Waals surface area contributed by atoms with E-state index in [0.29, 0.717) is 12.1 Å². The van der Waals surface area contributed by atoms with Gasteiger partial charge in [0.1, 0.15) is 6.33 Å². The maximum Gasteiger partial charge on any atom is 0.416 e. The van der Waals surface area contributed by atoms with Crippen molar-refractivity contribution in [3.63, 3.8) is 0 Å². The van der Waals surface area contributed by atoms with Crippen LogP contribution in [-0.2, 0) is 12.4 Å². The van der Waals surface area contributed by atoms with E-state index in [4.69, 9.17) is 0 Å². The molecule has 0 saturated heterocycles. The largest absolute Gasteiger partial charge is 0.416 e. The monoisotopic (exact) mass is 292 g/mol. The van der Waals surface area contributed by atoms with Crippen molar-refractivity contribution in [1.29, 1.82) is 0 Å². The number of hydrogen-bond acceptors (Lipinski definition) is 2. The Kier molecular flexibility index (Phi) is 3.41. The van der Waals surface area contributed by atoms with Crippen LogP contribution in [-0.4, -0.2) is 9.97 Å². The van der Waals surface area contributed by atoms with Crippen LogP contribution >= 0.6 is 0 Å². The van der Waals surface area contributed by atoms with Gasteiger partial charge < -0.3 is 0 Å². The third kappa shape index (κ3) is 3.06. The number of rotatable bonds is 1.